The summed E-state index contributed by atoms with van der Waals surface area (Å²) in [6.07, 6.45) is 4.80. The highest BCUT2D eigenvalue weighted by Gasteiger charge is 2.23. The fourth-order valence-electron chi connectivity index (χ4n) is 4.15. The minimum atomic E-state index is -0.0157. The lowest BCUT2D eigenvalue weighted by Crippen LogP contribution is -2.46. The van der Waals surface area contributed by atoms with Crippen molar-refractivity contribution >= 4 is 11.9 Å². The van der Waals surface area contributed by atoms with Crippen LogP contribution in [-0.2, 0) is 9.53 Å². The lowest BCUT2D eigenvalue weighted by Gasteiger charge is -2.35. The third-order valence-corrected chi connectivity index (χ3v) is 6.25. The van der Waals surface area contributed by atoms with Crippen molar-refractivity contribution in [2.45, 2.75) is 31.7 Å². The van der Waals surface area contributed by atoms with Crippen LogP contribution in [0.2, 0.25) is 0 Å². The molecule has 0 radical (unpaired) electrons. The molecule has 178 valence electrons. The van der Waals surface area contributed by atoms with Gasteiger partial charge in [0.2, 0.25) is 5.91 Å². The molecule has 0 aromatic heterocycles. The molecule has 2 N–H and O–H groups in total. The molecule has 8 nitrogen and oxygen atoms in total. The van der Waals surface area contributed by atoms with Crippen LogP contribution in [0.15, 0.2) is 29.3 Å². The molecule has 0 bridgehead atoms. The van der Waals surface area contributed by atoms with Crippen LogP contribution in [0.1, 0.15) is 37.3 Å². The van der Waals surface area contributed by atoms with Gasteiger partial charge in [-0.2, -0.15) is 0 Å². The number of benzene rings is 1. The van der Waals surface area contributed by atoms with E-state index < -0.39 is 0 Å². The van der Waals surface area contributed by atoms with Gasteiger partial charge in [-0.25, -0.2) is 4.99 Å². The van der Waals surface area contributed by atoms with Crippen molar-refractivity contribution in [3.8, 4) is 5.75 Å². The zero-order valence-electron chi connectivity index (χ0n) is 19.8. The molecule has 2 aliphatic rings. The molecular weight excluding hydrogens is 406 g/mol. The van der Waals surface area contributed by atoms with E-state index in [9.17, 15) is 4.79 Å². The highest BCUT2D eigenvalue weighted by molar-refractivity contribution is 5.84. The molecule has 2 atom stereocenters. The second-order valence-corrected chi connectivity index (χ2v) is 8.83. The van der Waals surface area contributed by atoms with Gasteiger partial charge in [0.05, 0.1) is 19.8 Å². The number of carbonyl (C=O) groups is 1. The van der Waals surface area contributed by atoms with Crippen LogP contribution >= 0.6 is 0 Å². The van der Waals surface area contributed by atoms with Gasteiger partial charge < -0.3 is 25.0 Å². The van der Waals surface area contributed by atoms with E-state index in [2.05, 4.69) is 32.7 Å². The predicted molar refractivity (Wildman–Crippen MR) is 127 cm³/mol. The summed E-state index contributed by atoms with van der Waals surface area (Å²) in [5.74, 6) is 2.01. The van der Waals surface area contributed by atoms with Gasteiger partial charge in [-0.1, -0.05) is 18.6 Å². The number of methoxy groups -OCH3 is 1. The largest absolute Gasteiger partial charge is 0.497 e. The number of hydrogen-bond donors (Lipinski definition) is 2. The molecule has 2 heterocycles. The lowest BCUT2D eigenvalue weighted by molar-refractivity contribution is -0.127. The first-order valence-corrected chi connectivity index (χ1v) is 11.7. The minimum Gasteiger partial charge on any atom is -0.497 e. The molecule has 0 spiro atoms. The van der Waals surface area contributed by atoms with Crippen molar-refractivity contribution in [2.75, 3.05) is 67.1 Å². The van der Waals surface area contributed by atoms with Crippen molar-refractivity contribution in [1.82, 2.24) is 20.4 Å². The summed E-state index contributed by atoms with van der Waals surface area (Å²) in [6, 6.07) is 8.57. The van der Waals surface area contributed by atoms with Crippen molar-refractivity contribution in [3.05, 3.63) is 29.8 Å². The fourth-order valence-corrected chi connectivity index (χ4v) is 4.15. The number of likely N-dealkylation sites (N-methyl/N-ethyl adjacent to an activating group) is 1. The molecule has 0 aliphatic carbocycles. The molecule has 2 saturated heterocycles. The predicted octanol–water partition coefficient (Wildman–Crippen LogP) is 1.88. The molecule has 2 aliphatic heterocycles. The summed E-state index contributed by atoms with van der Waals surface area (Å²) in [5.41, 5.74) is 1.26. The van der Waals surface area contributed by atoms with Crippen molar-refractivity contribution in [3.63, 3.8) is 0 Å². The first-order chi connectivity index (χ1) is 15.6. The number of nitrogens with one attached hydrogen (secondary N) is 2. The maximum absolute atomic E-state index is 12.1. The van der Waals surface area contributed by atoms with Crippen LogP contribution in [-0.4, -0.2) is 88.8 Å². The van der Waals surface area contributed by atoms with E-state index in [-0.39, 0.29) is 18.5 Å². The maximum atomic E-state index is 12.1. The van der Waals surface area contributed by atoms with Gasteiger partial charge in [0.15, 0.2) is 5.96 Å². The van der Waals surface area contributed by atoms with Gasteiger partial charge in [0.1, 0.15) is 12.3 Å². The van der Waals surface area contributed by atoms with E-state index in [0.29, 0.717) is 11.9 Å². The highest BCUT2D eigenvalue weighted by Crippen LogP contribution is 2.26. The van der Waals surface area contributed by atoms with Crippen LogP contribution in [0.25, 0.3) is 0 Å². The zero-order chi connectivity index (χ0) is 22.8. The van der Waals surface area contributed by atoms with Gasteiger partial charge in [0.25, 0.3) is 0 Å². The number of piperidine rings is 1. The molecule has 2 fully saturated rings. The third-order valence-electron chi connectivity index (χ3n) is 6.25. The van der Waals surface area contributed by atoms with Crippen LogP contribution in [0.3, 0.4) is 0 Å². The van der Waals surface area contributed by atoms with E-state index in [1.807, 2.05) is 12.1 Å². The van der Waals surface area contributed by atoms with E-state index in [0.717, 1.165) is 51.6 Å². The van der Waals surface area contributed by atoms with Crippen LogP contribution < -0.4 is 15.4 Å². The maximum Gasteiger partial charge on any atom is 0.243 e. The van der Waals surface area contributed by atoms with Crippen molar-refractivity contribution in [2.24, 2.45) is 10.9 Å². The molecule has 0 saturated carbocycles. The molecule has 1 aromatic rings. The number of hydrogen-bond acceptors (Lipinski definition) is 5. The average Bonchev–Trinajstić information content (AvgIpc) is 3.35. The number of aliphatic imine (C=N–C) groups is 1. The molecule has 8 heteroatoms. The quantitative estimate of drug-likeness (QED) is 0.446. The molecule has 1 aromatic carbocycles. The number of likely N-dealkylation sites (tertiary alicyclic amines) is 1. The fraction of sp³-hybridized carbons (Fsp3) is 0.667. The van der Waals surface area contributed by atoms with Crippen LogP contribution in [0, 0.1) is 5.92 Å². The Hall–Kier alpha value is -2.32. The van der Waals surface area contributed by atoms with E-state index in [1.54, 1.807) is 26.1 Å². The number of amides is 1. The molecular formula is C24H39N5O3. The molecule has 1 amide bonds. The molecule has 3 rings (SSSR count). The van der Waals surface area contributed by atoms with E-state index >= 15 is 0 Å². The number of rotatable bonds is 9. The Morgan fingerprint density at radius 2 is 1.97 bits per heavy atom. The first-order valence-electron chi connectivity index (χ1n) is 11.7. The Labute approximate surface area is 192 Å². The van der Waals surface area contributed by atoms with Crippen molar-refractivity contribution < 1.29 is 14.3 Å². The lowest BCUT2D eigenvalue weighted by atomic mass is 10.0. The summed E-state index contributed by atoms with van der Waals surface area (Å²) in [6.45, 7) is 5.42. The SMILES string of the molecule is COc1ccc(C(CNC(=NCC(=O)N(C)C)NCC2CCOC2)N2CCCCC2)cc1. The summed E-state index contributed by atoms with van der Waals surface area (Å²) in [7, 11) is 5.20. The standard InChI is InChI=1S/C24H39N5O3/c1-28(2)23(30)17-27-24(25-15-19-11-14-32-18-19)26-16-22(29-12-5-4-6-13-29)20-7-9-21(31-3)10-8-20/h7-10,19,22H,4-6,11-18H2,1-3H3,(H2,25,26,27). The number of carbonyl (C=O) groups excluding carboxylic acids is 1. The van der Waals surface area contributed by atoms with Gasteiger partial charge in [-0.15, -0.1) is 0 Å². The van der Waals surface area contributed by atoms with Gasteiger partial charge in [0, 0.05) is 39.7 Å². The Bertz CT molecular complexity index is 726. The summed E-state index contributed by atoms with van der Waals surface area (Å²) < 4.78 is 10.8. The van der Waals surface area contributed by atoms with Gasteiger partial charge in [-0.05, 0) is 50.0 Å². The summed E-state index contributed by atoms with van der Waals surface area (Å²) >= 11 is 0. The van der Waals surface area contributed by atoms with Crippen molar-refractivity contribution in [1.29, 1.82) is 0 Å². The summed E-state index contributed by atoms with van der Waals surface area (Å²) in [5, 5.41) is 6.95. The number of nitrogens with zero attached hydrogens (tertiary/aromatic N) is 3. The van der Waals surface area contributed by atoms with Gasteiger partial charge in [-0.3, -0.25) is 9.69 Å². The Morgan fingerprint density at radius 1 is 1.22 bits per heavy atom. The van der Waals surface area contributed by atoms with Gasteiger partial charge >= 0.3 is 0 Å². The van der Waals surface area contributed by atoms with Crippen LogP contribution in [0.5, 0.6) is 5.75 Å². The summed E-state index contributed by atoms with van der Waals surface area (Å²) in [4.78, 5) is 20.8. The van der Waals surface area contributed by atoms with E-state index in [4.69, 9.17) is 9.47 Å². The average molecular weight is 446 g/mol. The smallest absolute Gasteiger partial charge is 0.243 e. The van der Waals surface area contributed by atoms with Crippen LogP contribution in [0.4, 0.5) is 0 Å². The third kappa shape index (κ3) is 7.38. The Kier molecular flexibility index (Phi) is 9.62. The topological polar surface area (TPSA) is 78.4 Å². The van der Waals surface area contributed by atoms with E-state index in [1.165, 1.54) is 24.8 Å². The number of ether oxygens (including phenoxy) is 2. The number of guanidine groups is 1. The minimum absolute atomic E-state index is 0.0157. The normalized spacial score (nSPS) is 20.6. The second-order valence-electron chi connectivity index (χ2n) is 8.83. The Morgan fingerprint density at radius 3 is 2.59 bits per heavy atom. The molecule has 32 heavy (non-hydrogen) atoms. The Balaban J connectivity index is 1.69. The second kappa shape index (κ2) is 12.6. The molecule has 2 unspecified atom stereocenters. The highest BCUT2D eigenvalue weighted by atomic mass is 16.5. The zero-order valence-corrected chi connectivity index (χ0v) is 19.8. The first kappa shape index (κ1) is 24.3. The monoisotopic (exact) mass is 445 g/mol.